The van der Waals surface area contributed by atoms with Gasteiger partial charge in [0, 0.05) is 31.8 Å². The Morgan fingerprint density at radius 3 is 2.69 bits per heavy atom. The van der Waals surface area contributed by atoms with E-state index in [4.69, 9.17) is 0 Å². The van der Waals surface area contributed by atoms with Crippen LogP contribution in [0.4, 0.5) is 0 Å². The summed E-state index contributed by atoms with van der Waals surface area (Å²) in [7, 11) is 0. The van der Waals surface area contributed by atoms with E-state index in [2.05, 4.69) is 63.5 Å². The summed E-state index contributed by atoms with van der Waals surface area (Å²) in [6.45, 7) is 8.08. The highest BCUT2D eigenvalue weighted by molar-refractivity contribution is 5.82. The number of aliphatic hydroxyl groups is 1. The van der Waals surface area contributed by atoms with Crippen LogP contribution in [0.25, 0.3) is 10.9 Å². The number of benzene rings is 2. The summed E-state index contributed by atoms with van der Waals surface area (Å²) in [6.07, 6.45) is 3.23. The third-order valence-corrected chi connectivity index (χ3v) is 6.66. The quantitative estimate of drug-likeness (QED) is 0.311. The number of aryl methyl sites for hydroxylation is 4. The van der Waals surface area contributed by atoms with Crippen LogP contribution in [-0.2, 0) is 19.5 Å². The van der Waals surface area contributed by atoms with Gasteiger partial charge in [-0.15, -0.1) is 5.10 Å². The first-order valence-corrected chi connectivity index (χ1v) is 12.8. The maximum Gasteiger partial charge on any atom is 0.252 e. The largest absolute Gasteiger partial charge is 0.396 e. The summed E-state index contributed by atoms with van der Waals surface area (Å²) in [6, 6.07) is 16.4. The molecule has 0 saturated heterocycles. The fourth-order valence-electron chi connectivity index (χ4n) is 4.92. The fraction of sp³-hybridized carbons (Fsp3) is 0.429. The number of aromatic amines is 1. The van der Waals surface area contributed by atoms with Crippen LogP contribution in [0.15, 0.2) is 53.3 Å². The van der Waals surface area contributed by atoms with Gasteiger partial charge >= 0.3 is 0 Å². The van der Waals surface area contributed by atoms with Crippen molar-refractivity contribution in [2.75, 3.05) is 13.2 Å². The smallest absolute Gasteiger partial charge is 0.252 e. The molecule has 2 aromatic heterocycles. The monoisotopic (exact) mass is 488 g/mol. The zero-order valence-electron chi connectivity index (χ0n) is 21.4. The average molecular weight is 489 g/mol. The molecule has 1 unspecified atom stereocenters. The van der Waals surface area contributed by atoms with Crippen LogP contribution < -0.4 is 5.56 Å². The molecule has 8 heteroatoms. The lowest BCUT2D eigenvalue weighted by Gasteiger charge is -2.30. The van der Waals surface area contributed by atoms with Crippen molar-refractivity contribution in [3.63, 3.8) is 0 Å². The van der Waals surface area contributed by atoms with Crippen molar-refractivity contribution in [3.8, 4) is 0 Å². The number of aromatic nitrogens is 5. The van der Waals surface area contributed by atoms with E-state index in [1.807, 2.05) is 35.9 Å². The molecular formula is C28H36N6O2. The van der Waals surface area contributed by atoms with Crippen molar-refractivity contribution < 1.29 is 5.11 Å². The number of rotatable bonds is 12. The molecule has 190 valence electrons. The Labute approximate surface area is 212 Å². The average Bonchev–Trinajstić information content (AvgIpc) is 3.33. The Hall–Kier alpha value is -3.36. The van der Waals surface area contributed by atoms with Gasteiger partial charge in [-0.05, 0) is 72.2 Å². The summed E-state index contributed by atoms with van der Waals surface area (Å²) < 4.78 is 1.89. The van der Waals surface area contributed by atoms with Gasteiger partial charge in [-0.1, -0.05) is 55.3 Å². The summed E-state index contributed by atoms with van der Waals surface area (Å²) in [5.41, 5.74) is 4.96. The number of nitrogens with zero attached hydrogens (tertiary/aromatic N) is 5. The standard InChI is InChI=1S/C28H36N6O2/c1-4-9-25(27-30-31-32-34(27)14-12-22-10-6-5-7-11-22)33(13-8-15-35)19-24-18-23-17-20(2)16-21(3)26(23)29-28(24)36/h5-7,10-11,16-18,25,35H,4,8-9,12-15,19H2,1-3H3,(H,29,36). The molecule has 0 radical (unpaired) electrons. The predicted molar refractivity (Wildman–Crippen MR) is 142 cm³/mol. The molecule has 0 bridgehead atoms. The van der Waals surface area contributed by atoms with Crippen LogP contribution in [0, 0.1) is 13.8 Å². The van der Waals surface area contributed by atoms with Crippen LogP contribution in [-0.4, -0.2) is 48.3 Å². The molecule has 0 aliphatic rings. The molecule has 0 aliphatic carbocycles. The van der Waals surface area contributed by atoms with Gasteiger partial charge in [0.25, 0.3) is 5.56 Å². The number of nitrogens with one attached hydrogen (secondary N) is 1. The first-order chi connectivity index (χ1) is 17.5. The maximum absolute atomic E-state index is 13.1. The second-order valence-corrected chi connectivity index (χ2v) is 9.52. The number of hydrogen-bond donors (Lipinski definition) is 2. The molecule has 2 heterocycles. The molecule has 0 amide bonds. The Kier molecular flexibility index (Phi) is 8.61. The zero-order valence-corrected chi connectivity index (χ0v) is 21.4. The lowest BCUT2D eigenvalue weighted by atomic mass is 10.0. The number of pyridine rings is 1. The molecule has 4 aromatic rings. The van der Waals surface area contributed by atoms with Crippen molar-refractivity contribution in [3.05, 3.63) is 87.0 Å². The zero-order chi connectivity index (χ0) is 25.5. The van der Waals surface area contributed by atoms with Gasteiger partial charge in [-0.3, -0.25) is 9.69 Å². The normalized spacial score (nSPS) is 12.5. The van der Waals surface area contributed by atoms with Crippen LogP contribution in [0.3, 0.4) is 0 Å². The van der Waals surface area contributed by atoms with Crippen molar-refractivity contribution in [2.24, 2.45) is 0 Å². The van der Waals surface area contributed by atoms with E-state index in [1.54, 1.807) is 0 Å². The van der Waals surface area contributed by atoms with Crippen molar-refractivity contribution in [2.45, 2.75) is 65.6 Å². The Balaban J connectivity index is 1.65. The summed E-state index contributed by atoms with van der Waals surface area (Å²) >= 11 is 0. The third kappa shape index (κ3) is 6.06. The minimum absolute atomic E-state index is 0.0679. The summed E-state index contributed by atoms with van der Waals surface area (Å²) in [5, 5.41) is 23.4. The minimum Gasteiger partial charge on any atom is -0.396 e. The van der Waals surface area contributed by atoms with Gasteiger partial charge in [-0.2, -0.15) is 0 Å². The molecule has 0 fully saturated rings. The molecule has 0 spiro atoms. The molecule has 1 atom stereocenters. The second kappa shape index (κ2) is 12.1. The fourth-order valence-corrected chi connectivity index (χ4v) is 4.92. The molecule has 8 nitrogen and oxygen atoms in total. The first kappa shape index (κ1) is 25.7. The Morgan fingerprint density at radius 2 is 1.94 bits per heavy atom. The predicted octanol–water partition coefficient (Wildman–Crippen LogP) is 4.10. The number of aliphatic hydroxyl groups excluding tert-OH is 1. The van der Waals surface area contributed by atoms with Gasteiger partial charge in [0.15, 0.2) is 5.82 Å². The van der Waals surface area contributed by atoms with E-state index < -0.39 is 0 Å². The van der Waals surface area contributed by atoms with E-state index in [9.17, 15) is 9.90 Å². The van der Waals surface area contributed by atoms with Crippen LogP contribution in [0.1, 0.15) is 60.3 Å². The number of H-pyrrole nitrogens is 1. The van der Waals surface area contributed by atoms with Crippen molar-refractivity contribution in [1.82, 2.24) is 30.1 Å². The minimum atomic E-state index is -0.0811. The van der Waals surface area contributed by atoms with Crippen LogP contribution >= 0.6 is 0 Å². The lowest BCUT2D eigenvalue weighted by molar-refractivity contribution is 0.147. The van der Waals surface area contributed by atoms with E-state index in [0.717, 1.165) is 47.1 Å². The van der Waals surface area contributed by atoms with E-state index in [1.165, 1.54) is 5.56 Å². The molecule has 0 saturated carbocycles. The van der Waals surface area contributed by atoms with E-state index in [0.29, 0.717) is 31.6 Å². The first-order valence-electron chi connectivity index (χ1n) is 12.8. The lowest BCUT2D eigenvalue weighted by Crippen LogP contribution is -2.34. The highest BCUT2D eigenvalue weighted by atomic mass is 16.3. The highest BCUT2D eigenvalue weighted by Crippen LogP contribution is 2.27. The Morgan fingerprint density at radius 1 is 1.14 bits per heavy atom. The van der Waals surface area contributed by atoms with Crippen molar-refractivity contribution >= 4 is 10.9 Å². The van der Waals surface area contributed by atoms with Crippen LogP contribution in [0.5, 0.6) is 0 Å². The Bertz CT molecular complexity index is 1330. The summed E-state index contributed by atoms with van der Waals surface area (Å²) in [5.74, 6) is 0.801. The van der Waals surface area contributed by atoms with Gasteiger partial charge in [0.1, 0.15) is 0 Å². The summed E-state index contributed by atoms with van der Waals surface area (Å²) in [4.78, 5) is 18.4. The van der Waals surface area contributed by atoms with Gasteiger partial charge in [-0.25, -0.2) is 4.68 Å². The van der Waals surface area contributed by atoms with Crippen molar-refractivity contribution in [1.29, 1.82) is 0 Å². The molecule has 36 heavy (non-hydrogen) atoms. The maximum atomic E-state index is 13.1. The van der Waals surface area contributed by atoms with Crippen LogP contribution in [0.2, 0.25) is 0 Å². The highest BCUT2D eigenvalue weighted by Gasteiger charge is 2.26. The van der Waals surface area contributed by atoms with E-state index >= 15 is 0 Å². The molecule has 4 rings (SSSR count). The number of hydrogen-bond acceptors (Lipinski definition) is 6. The molecular weight excluding hydrogens is 452 g/mol. The number of tetrazole rings is 1. The SMILES string of the molecule is CCCC(c1nnnn1CCc1ccccc1)N(CCCO)Cc1cc2cc(C)cc(C)c2[nH]c1=O. The topological polar surface area (TPSA) is 99.9 Å². The number of fused-ring (bicyclic) bond motifs is 1. The molecule has 0 aliphatic heterocycles. The van der Waals surface area contributed by atoms with Gasteiger partial charge in [0.05, 0.1) is 11.6 Å². The third-order valence-electron chi connectivity index (χ3n) is 6.66. The molecule has 2 N–H and O–H groups in total. The second-order valence-electron chi connectivity index (χ2n) is 9.52. The van der Waals surface area contributed by atoms with Gasteiger partial charge < -0.3 is 10.1 Å². The van der Waals surface area contributed by atoms with E-state index in [-0.39, 0.29) is 18.2 Å². The molecule has 2 aromatic carbocycles. The van der Waals surface area contributed by atoms with Gasteiger partial charge in [0.2, 0.25) is 0 Å².